The van der Waals surface area contributed by atoms with Crippen LogP contribution in [0.2, 0.25) is 0 Å². The summed E-state index contributed by atoms with van der Waals surface area (Å²) < 4.78 is 10.5. The Kier molecular flexibility index (Phi) is 6.42. The number of anilines is 1. The second-order valence-electron chi connectivity index (χ2n) is 5.63. The van der Waals surface area contributed by atoms with Crippen molar-refractivity contribution in [3.8, 4) is 0 Å². The summed E-state index contributed by atoms with van der Waals surface area (Å²) in [4.78, 5) is 7.03. The van der Waals surface area contributed by atoms with Crippen LogP contribution >= 0.6 is 0 Å². The Balaban J connectivity index is 2.03. The van der Waals surface area contributed by atoms with Crippen LogP contribution in [0.5, 0.6) is 0 Å². The van der Waals surface area contributed by atoms with Crippen molar-refractivity contribution >= 4 is 5.82 Å². The maximum absolute atomic E-state index is 5.28. The fourth-order valence-electron chi connectivity index (χ4n) is 2.34. The van der Waals surface area contributed by atoms with E-state index in [0.717, 1.165) is 24.6 Å². The number of pyridine rings is 1. The normalized spacial score (nSPS) is 16.0. The summed E-state index contributed by atoms with van der Waals surface area (Å²) >= 11 is 0. The Bertz CT molecular complexity index is 424. The lowest BCUT2D eigenvalue weighted by atomic mass is 10.2. The molecule has 1 aliphatic rings. The van der Waals surface area contributed by atoms with E-state index in [1.165, 1.54) is 12.8 Å². The molecule has 1 aliphatic carbocycles. The second kappa shape index (κ2) is 8.32. The van der Waals surface area contributed by atoms with Crippen molar-refractivity contribution in [2.24, 2.45) is 0 Å². The van der Waals surface area contributed by atoms with Gasteiger partial charge in [0.25, 0.3) is 0 Å². The number of nitrogens with one attached hydrogen (secondary N) is 1. The minimum Gasteiger partial charge on any atom is -0.383 e. The third-order valence-corrected chi connectivity index (χ3v) is 3.71. The summed E-state index contributed by atoms with van der Waals surface area (Å²) in [6, 6.07) is 7.18. The Labute approximate surface area is 127 Å². The van der Waals surface area contributed by atoms with E-state index in [4.69, 9.17) is 14.5 Å². The molecule has 21 heavy (non-hydrogen) atoms. The van der Waals surface area contributed by atoms with Gasteiger partial charge in [-0.2, -0.15) is 0 Å². The predicted octanol–water partition coefficient (Wildman–Crippen LogP) is 1.82. The first kappa shape index (κ1) is 16.2. The zero-order valence-corrected chi connectivity index (χ0v) is 13.3. The lowest BCUT2D eigenvalue weighted by molar-refractivity contribution is 0.170. The van der Waals surface area contributed by atoms with Gasteiger partial charge in [0, 0.05) is 33.4 Å². The summed E-state index contributed by atoms with van der Waals surface area (Å²) in [6.45, 7) is 5.16. The van der Waals surface area contributed by atoms with Gasteiger partial charge in [-0.15, -0.1) is 0 Å². The molecule has 0 amide bonds. The highest BCUT2D eigenvalue weighted by Gasteiger charge is 2.20. The van der Waals surface area contributed by atoms with Crippen LogP contribution in [-0.2, 0) is 16.0 Å². The number of ether oxygens (including phenoxy) is 2. The first-order valence-corrected chi connectivity index (χ1v) is 7.68. The van der Waals surface area contributed by atoms with Crippen molar-refractivity contribution in [1.29, 1.82) is 0 Å². The molecular formula is C16H27N3O2. The lowest BCUT2D eigenvalue weighted by Crippen LogP contribution is -2.39. The molecular weight excluding hydrogens is 266 g/mol. The zero-order chi connectivity index (χ0) is 15.1. The molecule has 5 heteroatoms. The topological polar surface area (TPSA) is 46.6 Å². The van der Waals surface area contributed by atoms with Crippen LogP contribution in [0.15, 0.2) is 18.2 Å². The summed E-state index contributed by atoms with van der Waals surface area (Å²) in [6.07, 6.45) is 2.59. The van der Waals surface area contributed by atoms with E-state index in [9.17, 15) is 0 Å². The smallest absolute Gasteiger partial charge is 0.129 e. The van der Waals surface area contributed by atoms with Crippen molar-refractivity contribution in [3.63, 3.8) is 0 Å². The fourth-order valence-corrected chi connectivity index (χ4v) is 2.34. The van der Waals surface area contributed by atoms with Crippen LogP contribution < -0.4 is 10.2 Å². The summed E-state index contributed by atoms with van der Waals surface area (Å²) in [5.41, 5.74) is 1.09. The van der Waals surface area contributed by atoms with Crippen molar-refractivity contribution in [2.75, 3.05) is 38.9 Å². The third-order valence-electron chi connectivity index (χ3n) is 3.71. The molecule has 1 unspecified atom stereocenters. The zero-order valence-electron chi connectivity index (χ0n) is 13.3. The molecule has 0 aliphatic heterocycles. The maximum Gasteiger partial charge on any atom is 0.129 e. The van der Waals surface area contributed by atoms with Crippen molar-refractivity contribution in [3.05, 3.63) is 23.9 Å². The predicted molar refractivity (Wildman–Crippen MR) is 84.7 cm³/mol. The molecule has 118 valence electrons. The van der Waals surface area contributed by atoms with Crippen LogP contribution in [0.1, 0.15) is 25.5 Å². The number of nitrogens with zero attached hydrogens (tertiary/aromatic N) is 2. The van der Waals surface area contributed by atoms with Gasteiger partial charge in [-0.1, -0.05) is 6.07 Å². The van der Waals surface area contributed by atoms with Gasteiger partial charge in [0.1, 0.15) is 5.82 Å². The SMILES string of the molecule is COCCN(c1cccc(CNC2CC2)n1)C(C)COC. The number of aromatic nitrogens is 1. The van der Waals surface area contributed by atoms with Crippen LogP contribution in [0.4, 0.5) is 5.82 Å². The number of methoxy groups -OCH3 is 2. The molecule has 0 radical (unpaired) electrons. The van der Waals surface area contributed by atoms with Gasteiger partial charge in [-0.3, -0.25) is 0 Å². The standard InChI is InChI=1S/C16H27N3O2/c1-13(12-21-3)19(9-10-20-2)16-6-4-5-15(18-16)11-17-14-7-8-14/h4-6,13-14,17H,7-12H2,1-3H3. The molecule has 1 fully saturated rings. The summed E-state index contributed by atoms with van der Waals surface area (Å²) in [5, 5.41) is 3.51. The first-order chi connectivity index (χ1) is 10.2. The van der Waals surface area contributed by atoms with E-state index in [1.54, 1.807) is 14.2 Å². The molecule has 1 saturated carbocycles. The number of rotatable bonds is 10. The van der Waals surface area contributed by atoms with E-state index >= 15 is 0 Å². The fraction of sp³-hybridized carbons (Fsp3) is 0.688. The van der Waals surface area contributed by atoms with Crippen LogP contribution in [-0.4, -0.2) is 51.0 Å². The van der Waals surface area contributed by atoms with E-state index in [0.29, 0.717) is 19.3 Å². The molecule has 0 saturated heterocycles. The van der Waals surface area contributed by atoms with E-state index in [-0.39, 0.29) is 6.04 Å². The number of hydrogen-bond donors (Lipinski definition) is 1. The average Bonchev–Trinajstić information content (AvgIpc) is 3.31. The molecule has 1 heterocycles. The van der Waals surface area contributed by atoms with Gasteiger partial charge in [-0.05, 0) is 31.9 Å². The quantitative estimate of drug-likeness (QED) is 0.713. The van der Waals surface area contributed by atoms with Gasteiger partial charge in [-0.25, -0.2) is 4.98 Å². The Morgan fingerprint density at radius 2 is 2.14 bits per heavy atom. The minimum atomic E-state index is 0.268. The van der Waals surface area contributed by atoms with Gasteiger partial charge < -0.3 is 19.7 Å². The lowest BCUT2D eigenvalue weighted by Gasteiger charge is -2.30. The highest BCUT2D eigenvalue weighted by molar-refractivity contribution is 5.40. The van der Waals surface area contributed by atoms with Crippen molar-refractivity contribution in [2.45, 2.75) is 38.4 Å². The highest BCUT2D eigenvalue weighted by atomic mass is 16.5. The van der Waals surface area contributed by atoms with Gasteiger partial charge in [0.05, 0.1) is 24.9 Å². The number of hydrogen-bond acceptors (Lipinski definition) is 5. The monoisotopic (exact) mass is 293 g/mol. The molecule has 1 aromatic heterocycles. The maximum atomic E-state index is 5.28. The van der Waals surface area contributed by atoms with Crippen molar-refractivity contribution in [1.82, 2.24) is 10.3 Å². The van der Waals surface area contributed by atoms with E-state index in [2.05, 4.69) is 35.3 Å². The molecule has 0 spiro atoms. The largest absolute Gasteiger partial charge is 0.383 e. The van der Waals surface area contributed by atoms with Crippen LogP contribution in [0, 0.1) is 0 Å². The Morgan fingerprint density at radius 1 is 1.33 bits per heavy atom. The van der Waals surface area contributed by atoms with Gasteiger partial charge in [0.15, 0.2) is 0 Å². The van der Waals surface area contributed by atoms with Crippen LogP contribution in [0.3, 0.4) is 0 Å². The molecule has 0 bridgehead atoms. The minimum absolute atomic E-state index is 0.268. The first-order valence-electron chi connectivity index (χ1n) is 7.68. The molecule has 2 rings (SSSR count). The summed E-state index contributed by atoms with van der Waals surface area (Å²) in [7, 11) is 3.46. The molecule has 5 nitrogen and oxygen atoms in total. The second-order valence-corrected chi connectivity index (χ2v) is 5.63. The third kappa shape index (κ3) is 5.26. The highest BCUT2D eigenvalue weighted by Crippen LogP contribution is 2.20. The Hall–Kier alpha value is -1.17. The van der Waals surface area contributed by atoms with E-state index < -0.39 is 0 Å². The van der Waals surface area contributed by atoms with E-state index in [1.807, 2.05) is 0 Å². The molecule has 0 aromatic carbocycles. The van der Waals surface area contributed by atoms with Crippen molar-refractivity contribution < 1.29 is 9.47 Å². The average molecular weight is 293 g/mol. The Morgan fingerprint density at radius 3 is 2.81 bits per heavy atom. The molecule has 1 aromatic rings. The summed E-state index contributed by atoms with van der Waals surface area (Å²) in [5.74, 6) is 0.992. The van der Waals surface area contributed by atoms with Gasteiger partial charge >= 0.3 is 0 Å². The van der Waals surface area contributed by atoms with Crippen LogP contribution in [0.25, 0.3) is 0 Å². The molecule has 1 N–H and O–H groups in total. The van der Waals surface area contributed by atoms with Gasteiger partial charge in [0.2, 0.25) is 0 Å². The molecule has 1 atom stereocenters.